The number of carbonyl (C=O) groups excluding carboxylic acids is 1. The number of ether oxygens (including phenoxy) is 1. The topological polar surface area (TPSA) is 38.3 Å². The molecule has 0 fully saturated rings. The van der Waals surface area contributed by atoms with E-state index in [2.05, 4.69) is 26.0 Å². The molecule has 0 aliphatic carbocycles. The second-order valence-electron chi connectivity index (χ2n) is 2.67. The fourth-order valence-corrected chi connectivity index (χ4v) is 2.29. The molecule has 0 aliphatic rings. The Morgan fingerprint density at radius 2 is 2.00 bits per heavy atom. The van der Waals surface area contributed by atoms with Gasteiger partial charge < -0.3 is 10.1 Å². The predicted octanol–water partition coefficient (Wildman–Crippen LogP) is 3.34. The SMILES string of the molecule is COC(=O)CNc1c(Cl)cc(Br)cc1Cl. The van der Waals surface area contributed by atoms with Crippen LogP contribution in [0.5, 0.6) is 0 Å². The number of methoxy groups -OCH3 is 1. The van der Waals surface area contributed by atoms with Crippen molar-refractivity contribution in [3.63, 3.8) is 0 Å². The zero-order valence-corrected chi connectivity index (χ0v) is 10.9. The number of rotatable bonds is 3. The highest BCUT2D eigenvalue weighted by Gasteiger charge is 2.08. The number of nitrogens with one attached hydrogen (secondary N) is 1. The van der Waals surface area contributed by atoms with Crippen molar-refractivity contribution >= 4 is 50.8 Å². The molecular formula is C9H8BrCl2NO2. The van der Waals surface area contributed by atoms with Crippen LogP contribution in [-0.2, 0) is 9.53 Å². The van der Waals surface area contributed by atoms with Crippen molar-refractivity contribution in [2.24, 2.45) is 0 Å². The van der Waals surface area contributed by atoms with E-state index in [4.69, 9.17) is 23.2 Å². The highest BCUT2D eigenvalue weighted by molar-refractivity contribution is 9.10. The van der Waals surface area contributed by atoms with Gasteiger partial charge in [-0.25, -0.2) is 0 Å². The number of benzene rings is 1. The van der Waals surface area contributed by atoms with Crippen LogP contribution in [0.3, 0.4) is 0 Å². The second-order valence-corrected chi connectivity index (χ2v) is 4.40. The second kappa shape index (κ2) is 5.58. The first kappa shape index (κ1) is 12.6. The van der Waals surface area contributed by atoms with Crippen molar-refractivity contribution in [2.75, 3.05) is 19.0 Å². The molecule has 1 aromatic carbocycles. The largest absolute Gasteiger partial charge is 0.468 e. The van der Waals surface area contributed by atoms with Crippen molar-refractivity contribution in [3.05, 3.63) is 26.7 Å². The van der Waals surface area contributed by atoms with Gasteiger partial charge in [0, 0.05) is 4.47 Å². The van der Waals surface area contributed by atoms with E-state index >= 15 is 0 Å². The van der Waals surface area contributed by atoms with Crippen LogP contribution in [0.2, 0.25) is 10.0 Å². The molecule has 0 aromatic heterocycles. The van der Waals surface area contributed by atoms with Gasteiger partial charge >= 0.3 is 5.97 Å². The van der Waals surface area contributed by atoms with E-state index in [0.29, 0.717) is 15.7 Å². The normalized spacial score (nSPS) is 9.87. The van der Waals surface area contributed by atoms with E-state index in [0.717, 1.165) is 4.47 Å². The molecule has 6 heteroatoms. The predicted molar refractivity (Wildman–Crippen MR) is 64.7 cm³/mol. The van der Waals surface area contributed by atoms with Crippen LogP contribution >= 0.6 is 39.1 Å². The number of anilines is 1. The molecule has 0 spiro atoms. The first-order valence-corrected chi connectivity index (χ1v) is 5.54. The Morgan fingerprint density at radius 1 is 1.47 bits per heavy atom. The molecule has 0 bridgehead atoms. The van der Waals surface area contributed by atoms with E-state index in [-0.39, 0.29) is 12.5 Å². The number of hydrogen-bond donors (Lipinski definition) is 1. The van der Waals surface area contributed by atoms with Crippen LogP contribution in [0.15, 0.2) is 16.6 Å². The van der Waals surface area contributed by atoms with E-state index in [1.807, 2.05) is 0 Å². The zero-order valence-electron chi connectivity index (χ0n) is 7.81. The van der Waals surface area contributed by atoms with E-state index in [1.54, 1.807) is 12.1 Å². The molecule has 0 saturated heterocycles. The standard InChI is InChI=1S/C9H8BrCl2NO2/c1-15-8(14)4-13-9-6(11)2-5(10)3-7(9)12/h2-3,13H,4H2,1H3. The lowest BCUT2D eigenvalue weighted by atomic mass is 10.3. The summed E-state index contributed by atoms with van der Waals surface area (Å²) in [6.07, 6.45) is 0. The first-order chi connectivity index (χ1) is 7.04. The summed E-state index contributed by atoms with van der Waals surface area (Å²) in [6.45, 7) is 0.0254. The zero-order chi connectivity index (χ0) is 11.4. The van der Waals surface area contributed by atoms with Crippen molar-refractivity contribution in [1.82, 2.24) is 0 Å². The molecule has 0 atom stereocenters. The fraction of sp³-hybridized carbons (Fsp3) is 0.222. The Kier molecular flexibility index (Phi) is 4.70. The summed E-state index contributed by atoms with van der Waals surface area (Å²) < 4.78 is 5.26. The van der Waals surface area contributed by atoms with Gasteiger partial charge in [0.1, 0.15) is 6.54 Å². The number of carbonyl (C=O) groups is 1. The van der Waals surface area contributed by atoms with Crippen molar-refractivity contribution in [2.45, 2.75) is 0 Å². The van der Waals surface area contributed by atoms with E-state index in [9.17, 15) is 4.79 Å². The summed E-state index contributed by atoms with van der Waals surface area (Å²) in [4.78, 5) is 10.9. The average Bonchev–Trinajstić information content (AvgIpc) is 2.15. The van der Waals surface area contributed by atoms with E-state index in [1.165, 1.54) is 7.11 Å². The molecule has 15 heavy (non-hydrogen) atoms. The lowest BCUT2D eigenvalue weighted by molar-refractivity contribution is -0.138. The number of esters is 1. The van der Waals surface area contributed by atoms with Gasteiger partial charge in [-0.05, 0) is 12.1 Å². The summed E-state index contributed by atoms with van der Waals surface area (Å²) in [7, 11) is 1.31. The van der Waals surface area contributed by atoms with Gasteiger partial charge in [-0.2, -0.15) is 0 Å². The van der Waals surface area contributed by atoms with Crippen molar-refractivity contribution in [3.8, 4) is 0 Å². The smallest absolute Gasteiger partial charge is 0.325 e. The maximum absolute atomic E-state index is 10.9. The molecule has 1 aromatic rings. The Morgan fingerprint density at radius 3 is 2.47 bits per heavy atom. The van der Waals surface area contributed by atoms with E-state index < -0.39 is 0 Å². The minimum absolute atomic E-state index is 0.0254. The molecule has 0 unspecified atom stereocenters. The monoisotopic (exact) mass is 311 g/mol. The van der Waals surface area contributed by atoms with Crippen LogP contribution in [0.25, 0.3) is 0 Å². The van der Waals surface area contributed by atoms with Gasteiger partial charge in [0.15, 0.2) is 0 Å². The Bertz CT molecular complexity index is 361. The van der Waals surface area contributed by atoms with Crippen LogP contribution in [0.4, 0.5) is 5.69 Å². The number of hydrogen-bond acceptors (Lipinski definition) is 3. The third-order valence-electron chi connectivity index (χ3n) is 1.64. The quantitative estimate of drug-likeness (QED) is 0.870. The molecule has 3 nitrogen and oxygen atoms in total. The molecule has 0 radical (unpaired) electrons. The van der Waals surface area contributed by atoms with Gasteiger partial charge in [0.2, 0.25) is 0 Å². The molecule has 0 saturated carbocycles. The number of halogens is 3. The van der Waals surface area contributed by atoms with Gasteiger partial charge in [-0.15, -0.1) is 0 Å². The molecule has 0 aliphatic heterocycles. The van der Waals surface area contributed by atoms with Crippen LogP contribution in [0.1, 0.15) is 0 Å². The summed E-state index contributed by atoms with van der Waals surface area (Å²) in [5.41, 5.74) is 0.520. The third-order valence-corrected chi connectivity index (χ3v) is 2.70. The third kappa shape index (κ3) is 3.55. The lowest BCUT2D eigenvalue weighted by Crippen LogP contribution is -2.15. The van der Waals surface area contributed by atoms with Crippen molar-refractivity contribution in [1.29, 1.82) is 0 Å². The van der Waals surface area contributed by atoms with Gasteiger partial charge in [-0.1, -0.05) is 39.1 Å². The van der Waals surface area contributed by atoms with Crippen LogP contribution < -0.4 is 5.32 Å². The highest BCUT2D eigenvalue weighted by atomic mass is 79.9. The summed E-state index contributed by atoms with van der Waals surface area (Å²) >= 11 is 15.1. The first-order valence-electron chi connectivity index (χ1n) is 4.00. The molecular weight excluding hydrogens is 305 g/mol. The van der Waals surface area contributed by atoms with Crippen LogP contribution in [0, 0.1) is 0 Å². The van der Waals surface area contributed by atoms with Crippen LogP contribution in [-0.4, -0.2) is 19.6 Å². The fourth-order valence-electron chi connectivity index (χ4n) is 0.944. The summed E-state index contributed by atoms with van der Waals surface area (Å²) in [5, 5.41) is 3.69. The Labute approximate surface area is 106 Å². The minimum Gasteiger partial charge on any atom is -0.468 e. The Hall–Kier alpha value is -0.450. The van der Waals surface area contributed by atoms with Gasteiger partial charge in [0.05, 0.1) is 22.8 Å². The maximum atomic E-state index is 10.9. The van der Waals surface area contributed by atoms with Gasteiger partial charge in [-0.3, -0.25) is 4.79 Å². The van der Waals surface area contributed by atoms with Gasteiger partial charge in [0.25, 0.3) is 0 Å². The molecule has 0 heterocycles. The Balaban J connectivity index is 2.81. The maximum Gasteiger partial charge on any atom is 0.325 e. The molecule has 0 amide bonds. The molecule has 82 valence electrons. The molecule has 1 rings (SSSR count). The molecule has 1 N–H and O–H groups in total. The average molecular weight is 313 g/mol. The summed E-state index contributed by atoms with van der Waals surface area (Å²) in [5.74, 6) is -0.384. The minimum atomic E-state index is -0.384. The lowest BCUT2D eigenvalue weighted by Gasteiger charge is -2.09. The highest BCUT2D eigenvalue weighted by Crippen LogP contribution is 2.33. The summed E-state index contributed by atoms with van der Waals surface area (Å²) in [6, 6.07) is 3.38. The van der Waals surface area contributed by atoms with Crippen molar-refractivity contribution < 1.29 is 9.53 Å².